The van der Waals surface area contributed by atoms with Crippen LogP contribution in [0.15, 0.2) is 65.7 Å². The molecule has 1 aromatic heterocycles. The molecule has 3 rings (SSSR count). The summed E-state index contributed by atoms with van der Waals surface area (Å²) in [6.45, 7) is 0.160. The lowest BCUT2D eigenvalue weighted by Gasteiger charge is -2.07. The summed E-state index contributed by atoms with van der Waals surface area (Å²) in [7, 11) is 1.51. The van der Waals surface area contributed by atoms with Crippen molar-refractivity contribution in [1.29, 1.82) is 0 Å². The van der Waals surface area contributed by atoms with Crippen molar-refractivity contribution in [3.63, 3.8) is 0 Å². The number of carbonyl (C=O) groups excluding carboxylic acids is 1. The van der Waals surface area contributed by atoms with Crippen LogP contribution in [0.5, 0.6) is 0 Å². The SMILES string of the molecule is O=C(OCc1ccccc1)n1ccc2cc(S(=O)(=O)Cl)ccc21. The van der Waals surface area contributed by atoms with Crippen LogP contribution < -0.4 is 0 Å². The molecule has 0 amide bonds. The first-order valence-electron chi connectivity index (χ1n) is 6.72. The number of carbonyl (C=O) groups is 1. The fourth-order valence-electron chi connectivity index (χ4n) is 2.22. The maximum Gasteiger partial charge on any atom is 0.418 e. The lowest BCUT2D eigenvalue weighted by Crippen LogP contribution is -2.12. The van der Waals surface area contributed by atoms with E-state index in [4.69, 9.17) is 15.4 Å². The molecule has 0 aliphatic heterocycles. The molecule has 0 saturated carbocycles. The van der Waals surface area contributed by atoms with Crippen molar-refractivity contribution in [2.24, 2.45) is 0 Å². The molecule has 0 N–H and O–H groups in total. The van der Waals surface area contributed by atoms with Crippen molar-refractivity contribution in [3.8, 4) is 0 Å². The molecule has 23 heavy (non-hydrogen) atoms. The zero-order chi connectivity index (χ0) is 16.4. The van der Waals surface area contributed by atoms with Gasteiger partial charge in [0.2, 0.25) is 0 Å². The third kappa shape index (κ3) is 3.38. The quantitative estimate of drug-likeness (QED) is 0.675. The van der Waals surface area contributed by atoms with Crippen molar-refractivity contribution < 1.29 is 17.9 Å². The van der Waals surface area contributed by atoms with Gasteiger partial charge >= 0.3 is 6.09 Å². The number of benzene rings is 2. The van der Waals surface area contributed by atoms with Crippen molar-refractivity contribution >= 4 is 36.7 Å². The van der Waals surface area contributed by atoms with Gasteiger partial charge in [-0.15, -0.1) is 0 Å². The maximum absolute atomic E-state index is 12.2. The van der Waals surface area contributed by atoms with E-state index in [1.807, 2.05) is 30.3 Å². The standard InChI is InChI=1S/C16H12ClNO4S/c17-23(20,21)14-6-7-15-13(10-14)8-9-18(15)16(19)22-11-12-4-2-1-3-5-12/h1-10H,11H2. The van der Waals surface area contributed by atoms with Crippen molar-refractivity contribution in [2.75, 3.05) is 0 Å². The van der Waals surface area contributed by atoms with Crippen LogP contribution in [0.2, 0.25) is 0 Å². The number of aromatic nitrogens is 1. The van der Waals surface area contributed by atoms with Gasteiger partial charge in [0, 0.05) is 22.3 Å². The Morgan fingerprint density at radius 3 is 2.52 bits per heavy atom. The highest BCUT2D eigenvalue weighted by Crippen LogP contribution is 2.23. The Morgan fingerprint density at radius 1 is 1.09 bits per heavy atom. The summed E-state index contributed by atoms with van der Waals surface area (Å²) < 4.78 is 29.3. The van der Waals surface area contributed by atoms with E-state index in [0.717, 1.165) is 5.56 Å². The van der Waals surface area contributed by atoms with Crippen molar-refractivity contribution in [2.45, 2.75) is 11.5 Å². The highest BCUT2D eigenvalue weighted by molar-refractivity contribution is 8.13. The fraction of sp³-hybridized carbons (Fsp3) is 0.0625. The van der Waals surface area contributed by atoms with Gasteiger partial charge < -0.3 is 4.74 Å². The highest BCUT2D eigenvalue weighted by atomic mass is 35.7. The summed E-state index contributed by atoms with van der Waals surface area (Å²) in [6.07, 6.45) is 0.994. The lowest BCUT2D eigenvalue weighted by molar-refractivity contribution is 0.142. The molecule has 1 heterocycles. The van der Waals surface area contributed by atoms with Crippen LogP contribution in [0, 0.1) is 0 Å². The third-order valence-corrected chi connectivity index (χ3v) is 4.70. The van der Waals surface area contributed by atoms with Crippen LogP contribution in [0.4, 0.5) is 4.79 Å². The Balaban J connectivity index is 1.84. The average Bonchev–Trinajstić information content (AvgIpc) is 2.96. The second-order valence-corrected chi connectivity index (χ2v) is 7.45. The maximum atomic E-state index is 12.2. The summed E-state index contributed by atoms with van der Waals surface area (Å²) in [6, 6.07) is 15.2. The molecule has 5 nitrogen and oxygen atoms in total. The van der Waals surface area contributed by atoms with E-state index in [-0.39, 0.29) is 11.5 Å². The summed E-state index contributed by atoms with van der Waals surface area (Å²) in [5.74, 6) is 0. The molecule has 0 aliphatic rings. The van der Waals surface area contributed by atoms with Crippen LogP contribution in [0.3, 0.4) is 0 Å². The van der Waals surface area contributed by atoms with E-state index in [2.05, 4.69) is 0 Å². The number of hydrogen-bond acceptors (Lipinski definition) is 4. The second kappa shape index (κ2) is 6.06. The Bertz CT molecular complexity index is 964. The van der Waals surface area contributed by atoms with Crippen LogP contribution in [0.1, 0.15) is 5.56 Å². The minimum Gasteiger partial charge on any atom is -0.444 e. The molecular weight excluding hydrogens is 338 g/mol. The first-order chi connectivity index (χ1) is 10.9. The van der Waals surface area contributed by atoms with Gasteiger partial charge in [0.25, 0.3) is 9.05 Å². The second-order valence-electron chi connectivity index (χ2n) is 4.88. The van der Waals surface area contributed by atoms with Gasteiger partial charge in [0.1, 0.15) is 6.61 Å². The molecule has 0 fully saturated rings. The summed E-state index contributed by atoms with van der Waals surface area (Å²) in [5.41, 5.74) is 1.43. The molecule has 0 unspecified atom stereocenters. The normalized spacial score (nSPS) is 11.5. The van der Waals surface area contributed by atoms with E-state index in [1.165, 1.54) is 29.0 Å². The van der Waals surface area contributed by atoms with Gasteiger partial charge in [-0.05, 0) is 29.8 Å². The van der Waals surface area contributed by atoms with E-state index in [0.29, 0.717) is 10.9 Å². The van der Waals surface area contributed by atoms with E-state index >= 15 is 0 Å². The zero-order valence-electron chi connectivity index (χ0n) is 11.8. The lowest BCUT2D eigenvalue weighted by atomic mass is 10.2. The minimum absolute atomic E-state index is 0.0120. The van der Waals surface area contributed by atoms with Gasteiger partial charge in [0.05, 0.1) is 10.4 Å². The number of nitrogens with zero attached hydrogens (tertiary/aromatic N) is 1. The Labute approximate surface area is 137 Å². The predicted octanol–water partition coefficient (Wildman–Crippen LogP) is 3.75. The molecule has 0 aliphatic carbocycles. The molecule has 0 atom stereocenters. The number of fused-ring (bicyclic) bond motifs is 1. The predicted molar refractivity (Wildman–Crippen MR) is 87.0 cm³/mol. The van der Waals surface area contributed by atoms with Gasteiger partial charge in [-0.25, -0.2) is 13.2 Å². The molecular formula is C16H12ClNO4S. The third-order valence-electron chi connectivity index (χ3n) is 3.35. The van der Waals surface area contributed by atoms with Crippen molar-refractivity contribution in [3.05, 3.63) is 66.4 Å². The summed E-state index contributed by atoms with van der Waals surface area (Å²) in [5, 5.41) is 0.586. The number of rotatable bonds is 3. The molecule has 0 bridgehead atoms. The van der Waals surface area contributed by atoms with Crippen LogP contribution in [0.25, 0.3) is 10.9 Å². The average molecular weight is 350 g/mol. The van der Waals surface area contributed by atoms with Crippen LogP contribution >= 0.6 is 10.7 Å². The first-order valence-corrected chi connectivity index (χ1v) is 9.03. The topological polar surface area (TPSA) is 65.4 Å². The molecule has 2 aromatic carbocycles. The van der Waals surface area contributed by atoms with Crippen molar-refractivity contribution in [1.82, 2.24) is 4.57 Å². The Morgan fingerprint density at radius 2 is 1.83 bits per heavy atom. The molecule has 0 radical (unpaired) electrons. The van der Waals surface area contributed by atoms with Crippen LogP contribution in [-0.4, -0.2) is 19.1 Å². The molecule has 7 heteroatoms. The zero-order valence-corrected chi connectivity index (χ0v) is 13.4. The number of halogens is 1. The molecule has 0 saturated heterocycles. The summed E-state index contributed by atoms with van der Waals surface area (Å²) >= 11 is 0. The van der Waals surface area contributed by atoms with Gasteiger partial charge in [-0.2, -0.15) is 0 Å². The fourth-order valence-corrected chi connectivity index (χ4v) is 3.01. The van der Waals surface area contributed by atoms with Crippen LogP contribution in [-0.2, 0) is 20.4 Å². The number of ether oxygens (including phenoxy) is 1. The minimum atomic E-state index is -3.80. The highest BCUT2D eigenvalue weighted by Gasteiger charge is 2.14. The Hall–Kier alpha value is -2.31. The summed E-state index contributed by atoms with van der Waals surface area (Å²) in [4.78, 5) is 12.2. The molecule has 3 aromatic rings. The van der Waals surface area contributed by atoms with Gasteiger partial charge in [-0.3, -0.25) is 4.57 Å². The van der Waals surface area contributed by atoms with E-state index in [9.17, 15) is 13.2 Å². The molecule has 0 spiro atoms. The molecule has 118 valence electrons. The van der Waals surface area contributed by atoms with Gasteiger partial charge in [-0.1, -0.05) is 30.3 Å². The largest absolute Gasteiger partial charge is 0.444 e. The first kappa shape index (κ1) is 15.6. The van der Waals surface area contributed by atoms with Gasteiger partial charge in [0.15, 0.2) is 0 Å². The number of hydrogen-bond donors (Lipinski definition) is 0. The smallest absolute Gasteiger partial charge is 0.418 e. The Kier molecular flexibility index (Phi) is 4.11. The van der Waals surface area contributed by atoms with E-state index < -0.39 is 15.1 Å². The monoisotopic (exact) mass is 349 g/mol. The van der Waals surface area contributed by atoms with E-state index in [1.54, 1.807) is 6.07 Å².